The van der Waals surface area contributed by atoms with Gasteiger partial charge in [-0.2, -0.15) is 4.31 Å². The molecule has 0 aromatic heterocycles. The van der Waals surface area contributed by atoms with E-state index in [1.807, 2.05) is 31.2 Å². The van der Waals surface area contributed by atoms with Crippen molar-refractivity contribution in [2.75, 3.05) is 53.0 Å². The molecule has 0 saturated carbocycles. The Hall–Kier alpha value is -2.62. The third-order valence-electron chi connectivity index (χ3n) is 5.17. The number of amides is 1. The quantitative estimate of drug-likeness (QED) is 0.627. The molecule has 0 atom stereocenters. The Bertz CT molecular complexity index is 971. The normalized spacial score (nSPS) is 15.4. The Balaban J connectivity index is 1.38. The van der Waals surface area contributed by atoms with Crippen LogP contribution in [0.5, 0.6) is 11.5 Å². The Morgan fingerprint density at radius 1 is 1.00 bits per heavy atom. The number of carbonyl (C=O) groups excluding carboxylic acids is 1. The zero-order chi connectivity index (χ0) is 22.3. The lowest BCUT2D eigenvalue weighted by Crippen LogP contribution is -2.50. The number of carbonyl (C=O) groups is 1. The second-order valence-corrected chi connectivity index (χ2v) is 9.29. The second-order valence-electron chi connectivity index (χ2n) is 7.35. The average molecular weight is 448 g/mol. The Labute approximate surface area is 183 Å². The molecule has 8 nitrogen and oxygen atoms in total. The van der Waals surface area contributed by atoms with Gasteiger partial charge in [-0.3, -0.25) is 9.69 Å². The summed E-state index contributed by atoms with van der Waals surface area (Å²) in [7, 11) is -1.92. The lowest BCUT2D eigenvalue weighted by Gasteiger charge is -2.34. The summed E-state index contributed by atoms with van der Waals surface area (Å²) in [6, 6.07) is 14.1. The Morgan fingerprint density at radius 2 is 1.65 bits per heavy atom. The summed E-state index contributed by atoms with van der Waals surface area (Å²) in [6.45, 7) is 5.07. The van der Waals surface area contributed by atoms with Crippen molar-refractivity contribution in [2.45, 2.75) is 11.8 Å². The first-order valence-corrected chi connectivity index (χ1v) is 11.7. The summed E-state index contributed by atoms with van der Waals surface area (Å²) in [5.74, 6) is 0.881. The monoisotopic (exact) mass is 447 g/mol. The minimum Gasteiger partial charge on any atom is -0.493 e. The number of hydrogen-bond donors (Lipinski definition) is 1. The Kier molecular flexibility index (Phi) is 7.89. The molecule has 1 saturated heterocycles. The number of benzene rings is 2. The number of nitrogens with zero attached hydrogens (tertiary/aromatic N) is 2. The predicted octanol–water partition coefficient (Wildman–Crippen LogP) is 1.51. The molecule has 1 aliphatic rings. The van der Waals surface area contributed by atoms with Gasteiger partial charge in [-0.15, -0.1) is 0 Å². The Morgan fingerprint density at radius 3 is 2.29 bits per heavy atom. The summed E-state index contributed by atoms with van der Waals surface area (Å²) < 4.78 is 37.8. The second kappa shape index (κ2) is 10.6. The molecule has 0 radical (unpaired) electrons. The first-order valence-electron chi connectivity index (χ1n) is 10.2. The molecular formula is C22H29N3O5S. The van der Waals surface area contributed by atoms with Crippen LogP contribution in [0.1, 0.15) is 5.56 Å². The van der Waals surface area contributed by atoms with Crippen molar-refractivity contribution in [2.24, 2.45) is 0 Å². The van der Waals surface area contributed by atoms with E-state index in [0.29, 0.717) is 55.7 Å². The summed E-state index contributed by atoms with van der Waals surface area (Å²) in [4.78, 5) is 14.5. The van der Waals surface area contributed by atoms with Crippen LogP contribution in [0.15, 0.2) is 53.4 Å². The predicted molar refractivity (Wildman–Crippen MR) is 118 cm³/mol. The maximum absolute atomic E-state index is 12.8. The highest BCUT2D eigenvalue weighted by molar-refractivity contribution is 7.89. The van der Waals surface area contributed by atoms with Gasteiger partial charge in [0.1, 0.15) is 0 Å². The van der Waals surface area contributed by atoms with Gasteiger partial charge in [0.05, 0.1) is 12.0 Å². The number of methoxy groups -OCH3 is 1. The van der Waals surface area contributed by atoms with Crippen LogP contribution in [0.3, 0.4) is 0 Å². The number of ether oxygens (including phenoxy) is 2. The lowest BCUT2D eigenvalue weighted by molar-refractivity contribution is -0.123. The van der Waals surface area contributed by atoms with Gasteiger partial charge in [0.15, 0.2) is 18.1 Å². The van der Waals surface area contributed by atoms with Crippen molar-refractivity contribution in [1.82, 2.24) is 14.5 Å². The van der Waals surface area contributed by atoms with E-state index >= 15 is 0 Å². The molecule has 0 aliphatic carbocycles. The van der Waals surface area contributed by atoms with Gasteiger partial charge in [-0.25, -0.2) is 8.42 Å². The molecule has 0 bridgehead atoms. The van der Waals surface area contributed by atoms with Crippen LogP contribution >= 0.6 is 0 Å². The summed E-state index contributed by atoms with van der Waals surface area (Å²) in [6.07, 6.45) is 0. The lowest BCUT2D eigenvalue weighted by atomic mass is 10.2. The maximum Gasteiger partial charge on any atom is 0.257 e. The van der Waals surface area contributed by atoms with Crippen molar-refractivity contribution in [3.8, 4) is 11.5 Å². The van der Waals surface area contributed by atoms with Crippen LogP contribution in [0.2, 0.25) is 0 Å². The average Bonchev–Trinajstić information content (AvgIpc) is 2.78. The fourth-order valence-electron chi connectivity index (χ4n) is 3.34. The number of hydrogen-bond acceptors (Lipinski definition) is 6. The third-order valence-corrected chi connectivity index (χ3v) is 7.08. The van der Waals surface area contributed by atoms with Crippen LogP contribution < -0.4 is 14.8 Å². The molecule has 3 rings (SSSR count). The van der Waals surface area contributed by atoms with Crippen molar-refractivity contribution in [1.29, 1.82) is 0 Å². The standard InChI is InChI=1S/C22H29N3O5S/c1-18-7-9-19(10-8-18)31(27,28)25-15-13-24(14-16-25)12-11-23-22(26)17-30-21-6-4-3-5-20(21)29-2/h3-10H,11-17H2,1-2H3,(H,23,26). The number of sulfonamides is 1. The largest absolute Gasteiger partial charge is 0.493 e. The molecule has 0 spiro atoms. The van der Waals surface area contributed by atoms with Gasteiger partial charge in [0.2, 0.25) is 10.0 Å². The van der Waals surface area contributed by atoms with Gasteiger partial charge >= 0.3 is 0 Å². The minimum absolute atomic E-state index is 0.0943. The molecule has 1 N–H and O–H groups in total. The number of aryl methyl sites for hydroxylation is 1. The van der Waals surface area contributed by atoms with Crippen molar-refractivity contribution < 1.29 is 22.7 Å². The van der Waals surface area contributed by atoms with Crippen LogP contribution in [0.4, 0.5) is 0 Å². The van der Waals surface area contributed by atoms with Crippen molar-refractivity contribution in [3.63, 3.8) is 0 Å². The molecule has 2 aromatic rings. The first-order chi connectivity index (χ1) is 14.9. The zero-order valence-electron chi connectivity index (χ0n) is 17.9. The summed E-state index contributed by atoms with van der Waals surface area (Å²) in [5, 5.41) is 2.83. The minimum atomic E-state index is -3.47. The maximum atomic E-state index is 12.8. The van der Waals surface area contributed by atoms with Gasteiger partial charge in [-0.1, -0.05) is 29.8 Å². The number of rotatable bonds is 9. The van der Waals surface area contributed by atoms with Crippen LogP contribution in [0.25, 0.3) is 0 Å². The zero-order valence-corrected chi connectivity index (χ0v) is 18.7. The smallest absolute Gasteiger partial charge is 0.257 e. The molecule has 168 valence electrons. The highest BCUT2D eigenvalue weighted by atomic mass is 32.2. The SMILES string of the molecule is COc1ccccc1OCC(=O)NCCN1CCN(S(=O)(=O)c2ccc(C)cc2)CC1. The molecule has 1 aliphatic heterocycles. The molecule has 1 heterocycles. The number of para-hydroxylation sites is 2. The van der Waals surface area contributed by atoms with Crippen molar-refractivity contribution in [3.05, 3.63) is 54.1 Å². The first kappa shape index (κ1) is 23.1. The van der Waals surface area contributed by atoms with Crippen molar-refractivity contribution >= 4 is 15.9 Å². The fraction of sp³-hybridized carbons (Fsp3) is 0.409. The van der Waals surface area contributed by atoms with Crippen LogP contribution in [-0.2, 0) is 14.8 Å². The van der Waals surface area contributed by atoms with E-state index in [9.17, 15) is 13.2 Å². The highest BCUT2D eigenvalue weighted by Gasteiger charge is 2.28. The molecule has 1 fully saturated rings. The van der Waals surface area contributed by atoms with Crippen LogP contribution in [-0.4, -0.2) is 76.5 Å². The van der Waals surface area contributed by atoms with E-state index in [1.54, 1.807) is 31.4 Å². The van der Waals surface area contributed by atoms with Crippen LogP contribution in [0, 0.1) is 6.92 Å². The topological polar surface area (TPSA) is 88.2 Å². The number of nitrogens with one attached hydrogen (secondary N) is 1. The summed E-state index contributed by atoms with van der Waals surface area (Å²) >= 11 is 0. The fourth-order valence-corrected chi connectivity index (χ4v) is 4.76. The number of piperazine rings is 1. The molecule has 9 heteroatoms. The van der Waals surface area contributed by atoms with E-state index in [4.69, 9.17) is 9.47 Å². The summed E-state index contributed by atoms with van der Waals surface area (Å²) in [5.41, 5.74) is 1.03. The van der Waals surface area contributed by atoms with E-state index in [0.717, 1.165) is 5.56 Å². The molecule has 2 aromatic carbocycles. The van der Waals surface area contributed by atoms with Gasteiger partial charge in [-0.05, 0) is 31.2 Å². The molecule has 0 unspecified atom stereocenters. The molecule has 1 amide bonds. The van der Waals surface area contributed by atoms with E-state index in [2.05, 4.69) is 10.2 Å². The van der Waals surface area contributed by atoms with E-state index < -0.39 is 10.0 Å². The van der Waals surface area contributed by atoms with Gasteiger partial charge in [0, 0.05) is 39.3 Å². The third kappa shape index (κ3) is 6.19. The van der Waals surface area contributed by atoms with Gasteiger partial charge < -0.3 is 14.8 Å². The van der Waals surface area contributed by atoms with E-state index in [1.165, 1.54) is 4.31 Å². The van der Waals surface area contributed by atoms with Gasteiger partial charge in [0.25, 0.3) is 5.91 Å². The van der Waals surface area contributed by atoms with E-state index in [-0.39, 0.29) is 12.5 Å². The molecule has 31 heavy (non-hydrogen) atoms. The molecular weight excluding hydrogens is 418 g/mol. The highest BCUT2D eigenvalue weighted by Crippen LogP contribution is 2.25.